The Morgan fingerprint density at radius 3 is 2.34 bits per heavy atom. The Hall–Kier alpha value is -3.40. The van der Waals surface area contributed by atoms with Crippen LogP contribution in [0.15, 0.2) is 59.5 Å². The van der Waals surface area contributed by atoms with E-state index >= 15 is 0 Å². The highest BCUT2D eigenvalue weighted by atomic mass is 32.2. The number of benzene rings is 2. The number of para-hydroxylation sites is 1. The molecule has 10 heteroatoms. The van der Waals surface area contributed by atoms with Gasteiger partial charge in [0.1, 0.15) is 17.7 Å². The zero-order valence-corrected chi connectivity index (χ0v) is 21.3. The maximum atomic E-state index is 13.6. The van der Waals surface area contributed by atoms with Gasteiger partial charge in [-0.15, -0.1) is 0 Å². The Bertz CT molecular complexity index is 1210. The second-order valence-corrected chi connectivity index (χ2v) is 11.5. The number of nitrogens with zero attached hydrogens (tertiary/aromatic N) is 2. The van der Waals surface area contributed by atoms with Crippen molar-refractivity contribution in [3.63, 3.8) is 0 Å². The minimum atomic E-state index is -3.90. The summed E-state index contributed by atoms with van der Waals surface area (Å²) >= 11 is 0. The lowest BCUT2D eigenvalue weighted by atomic mass is 10.1. The van der Waals surface area contributed by atoms with E-state index < -0.39 is 51.2 Å². The Kier molecular flexibility index (Phi) is 7.54. The third kappa shape index (κ3) is 6.19. The topological polar surface area (TPSA) is 113 Å². The van der Waals surface area contributed by atoms with E-state index in [1.54, 1.807) is 39.0 Å². The molecule has 0 saturated carbocycles. The van der Waals surface area contributed by atoms with Crippen LogP contribution in [-0.2, 0) is 30.7 Å². The van der Waals surface area contributed by atoms with Gasteiger partial charge in [-0.05, 0) is 45.4 Å². The lowest BCUT2D eigenvalue weighted by Crippen LogP contribution is -2.55. The van der Waals surface area contributed by atoms with Crippen LogP contribution in [0.3, 0.4) is 0 Å². The number of hydrogen-bond donors (Lipinski definition) is 1. The number of sulfone groups is 1. The molecule has 2 atom stereocenters. The smallest absolute Gasteiger partial charge is 0.410 e. The largest absolute Gasteiger partial charge is 0.444 e. The van der Waals surface area contributed by atoms with E-state index in [4.69, 9.17) is 4.74 Å². The number of likely N-dealkylation sites (N-methyl/N-ethyl adjacent to an activating group) is 1. The fraction of sp³-hybridized carbons (Fsp3) is 0.400. The van der Waals surface area contributed by atoms with Crippen LogP contribution >= 0.6 is 0 Å². The van der Waals surface area contributed by atoms with Crippen molar-refractivity contribution in [1.82, 2.24) is 10.2 Å². The van der Waals surface area contributed by atoms with Crippen molar-refractivity contribution in [2.24, 2.45) is 0 Å². The number of hydrogen-bond acceptors (Lipinski definition) is 6. The van der Waals surface area contributed by atoms with E-state index in [-0.39, 0.29) is 17.1 Å². The monoisotopic (exact) mass is 501 g/mol. The van der Waals surface area contributed by atoms with Crippen molar-refractivity contribution in [3.8, 4) is 0 Å². The second kappa shape index (κ2) is 10.1. The van der Waals surface area contributed by atoms with Gasteiger partial charge in [-0.1, -0.05) is 42.5 Å². The van der Waals surface area contributed by atoms with Crippen LogP contribution in [0.4, 0.5) is 10.5 Å². The molecule has 1 aliphatic heterocycles. The standard InChI is InChI=1S/C25H31N3O6S/c1-17(27(5)24(31)34-25(2,3)4)22(29)26-19-16-35(32,33)21-14-10-9-13-20(21)28(23(19)30)15-18-11-7-6-8-12-18/h6-14,17,19H,15-16H2,1-5H3,(H,26,29)/t17-,19?/m0/s1. The quantitative estimate of drug-likeness (QED) is 0.674. The lowest BCUT2D eigenvalue weighted by Gasteiger charge is -2.30. The molecule has 1 aliphatic rings. The van der Waals surface area contributed by atoms with Crippen LogP contribution in [-0.4, -0.2) is 61.7 Å². The molecule has 2 aromatic rings. The van der Waals surface area contributed by atoms with E-state index in [0.717, 1.165) is 10.5 Å². The fourth-order valence-corrected chi connectivity index (χ4v) is 5.25. The number of anilines is 1. The Labute approximate surface area is 206 Å². The van der Waals surface area contributed by atoms with E-state index in [9.17, 15) is 22.8 Å². The molecule has 1 unspecified atom stereocenters. The lowest BCUT2D eigenvalue weighted by molar-refractivity contribution is -0.129. The third-order valence-electron chi connectivity index (χ3n) is 5.58. The SMILES string of the molecule is C[C@@H](C(=O)NC1CS(=O)(=O)c2ccccc2N(Cc2ccccc2)C1=O)N(C)C(=O)OC(C)(C)C. The van der Waals surface area contributed by atoms with E-state index in [2.05, 4.69) is 5.32 Å². The molecule has 2 aromatic carbocycles. The highest BCUT2D eigenvalue weighted by molar-refractivity contribution is 7.91. The summed E-state index contributed by atoms with van der Waals surface area (Å²) in [6, 6.07) is 13.1. The zero-order valence-electron chi connectivity index (χ0n) is 20.5. The van der Waals surface area contributed by atoms with Gasteiger partial charge >= 0.3 is 6.09 Å². The highest BCUT2D eigenvalue weighted by Crippen LogP contribution is 2.31. The number of fused-ring (bicyclic) bond motifs is 1. The molecule has 0 aliphatic carbocycles. The molecule has 0 radical (unpaired) electrons. The van der Waals surface area contributed by atoms with Crippen LogP contribution in [0.1, 0.15) is 33.3 Å². The molecule has 9 nitrogen and oxygen atoms in total. The maximum Gasteiger partial charge on any atom is 0.410 e. The molecule has 1 N–H and O–H groups in total. The Morgan fingerprint density at radius 2 is 1.71 bits per heavy atom. The average Bonchev–Trinajstić information content (AvgIpc) is 2.86. The van der Waals surface area contributed by atoms with Crippen molar-refractivity contribution in [1.29, 1.82) is 0 Å². The van der Waals surface area contributed by atoms with Gasteiger partial charge in [-0.25, -0.2) is 13.2 Å². The van der Waals surface area contributed by atoms with Gasteiger partial charge in [-0.2, -0.15) is 0 Å². The number of amides is 3. The zero-order chi connectivity index (χ0) is 26.0. The first kappa shape index (κ1) is 26.2. The van der Waals surface area contributed by atoms with E-state index in [1.165, 1.54) is 24.9 Å². The molecule has 0 bridgehead atoms. The summed E-state index contributed by atoms with van der Waals surface area (Å²) in [7, 11) is -2.50. The van der Waals surface area contributed by atoms with Gasteiger partial charge in [0.15, 0.2) is 9.84 Å². The van der Waals surface area contributed by atoms with Gasteiger partial charge in [0.05, 0.1) is 22.9 Å². The molecule has 188 valence electrons. The van der Waals surface area contributed by atoms with Crippen molar-refractivity contribution in [2.45, 2.75) is 56.8 Å². The van der Waals surface area contributed by atoms with Crippen molar-refractivity contribution >= 4 is 33.4 Å². The van der Waals surface area contributed by atoms with Gasteiger partial charge in [-0.3, -0.25) is 14.5 Å². The van der Waals surface area contributed by atoms with Crippen molar-refractivity contribution in [2.75, 3.05) is 17.7 Å². The number of carbonyl (C=O) groups is 3. The molecular weight excluding hydrogens is 470 g/mol. The van der Waals surface area contributed by atoms with Gasteiger partial charge in [0.2, 0.25) is 5.91 Å². The molecular formula is C25H31N3O6S. The minimum absolute atomic E-state index is 0.0277. The van der Waals surface area contributed by atoms with E-state index in [1.807, 2.05) is 30.3 Å². The molecule has 3 amide bonds. The molecule has 0 fully saturated rings. The summed E-state index contributed by atoms with van der Waals surface area (Å²) in [4.78, 5) is 41.5. The predicted octanol–water partition coefficient (Wildman–Crippen LogP) is 2.75. The maximum absolute atomic E-state index is 13.6. The summed E-state index contributed by atoms with van der Waals surface area (Å²) in [5.74, 6) is -1.82. The predicted molar refractivity (Wildman–Crippen MR) is 132 cm³/mol. The summed E-state index contributed by atoms with van der Waals surface area (Å²) in [6.07, 6.45) is -0.710. The van der Waals surface area contributed by atoms with Gasteiger partial charge in [0.25, 0.3) is 5.91 Å². The van der Waals surface area contributed by atoms with Crippen LogP contribution in [0, 0.1) is 0 Å². The molecule has 35 heavy (non-hydrogen) atoms. The third-order valence-corrected chi connectivity index (χ3v) is 7.37. The van der Waals surface area contributed by atoms with Crippen LogP contribution in [0.25, 0.3) is 0 Å². The van der Waals surface area contributed by atoms with Crippen LogP contribution in [0.2, 0.25) is 0 Å². The first-order chi connectivity index (χ1) is 16.3. The molecule has 0 saturated heterocycles. The van der Waals surface area contributed by atoms with Crippen molar-refractivity contribution < 1.29 is 27.5 Å². The fourth-order valence-electron chi connectivity index (χ4n) is 3.62. The normalized spacial score (nSPS) is 18.1. The highest BCUT2D eigenvalue weighted by Gasteiger charge is 2.39. The summed E-state index contributed by atoms with van der Waals surface area (Å²) in [5, 5.41) is 2.55. The minimum Gasteiger partial charge on any atom is -0.444 e. The number of carbonyl (C=O) groups excluding carboxylic acids is 3. The number of rotatable bonds is 5. The summed E-state index contributed by atoms with van der Waals surface area (Å²) in [6.45, 7) is 6.73. The molecule has 1 heterocycles. The summed E-state index contributed by atoms with van der Waals surface area (Å²) < 4.78 is 31.7. The second-order valence-electron chi connectivity index (χ2n) is 9.49. The van der Waals surface area contributed by atoms with E-state index in [0.29, 0.717) is 0 Å². The number of nitrogens with one attached hydrogen (secondary N) is 1. The van der Waals surface area contributed by atoms with Gasteiger partial charge < -0.3 is 15.0 Å². The first-order valence-corrected chi connectivity index (χ1v) is 12.9. The number of ether oxygens (including phenoxy) is 1. The Morgan fingerprint density at radius 1 is 1.11 bits per heavy atom. The van der Waals surface area contributed by atoms with Gasteiger partial charge in [0, 0.05) is 7.05 Å². The molecule has 0 spiro atoms. The van der Waals surface area contributed by atoms with Crippen molar-refractivity contribution in [3.05, 3.63) is 60.2 Å². The first-order valence-electron chi connectivity index (χ1n) is 11.2. The summed E-state index contributed by atoms with van der Waals surface area (Å²) in [5.41, 5.74) is 0.312. The van der Waals surface area contributed by atoms with Crippen LogP contribution < -0.4 is 10.2 Å². The molecule has 0 aromatic heterocycles. The average molecular weight is 502 g/mol. The van der Waals surface area contributed by atoms with Crippen LogP contribution in [0.5, 0.6) is 0 Å². The Balaban J connectivity index is 1.89. The molecule has 3 rings (SSSR count).